The summed E-state index contributed by atoms with van der Waals surface area (Å²) < 4.78 is 17.4. The van der Waals surface area contributed by atoms with Gasteiger partial charge in [-0.3, -0.25) is 4.21 Å². The zero-order chi connectivity index (χ0) is 13.8. The van der Waals surface area contributed by atoms with Crippen molar-refractivity contribution in [3.8, 4) is 11.3 Å². The second-order valence-electron chi connectivity index (χ2n) is 4.02. The quantitative estimate of drug-likeness (QED) is 0.922. The van der Waals surface area contributed by atoms with Crippen LogP contribution in [0.3, 0.4) is 0 Å². The normalized spacial score (nSPS) is 14.3. The maximum atomic E-state index is 11.8. The lowest BCUT2D eigenvalue weighted by molar-refractivity contribution is 0.321. The van der Waals surface area contributed by atoms with Gasteiger partial charge in [0.25, 0.3) is 0 Å². The van der Waals surface area contributed by atoms with Gasteiger partial charge in [-0.2, -0.15) is 0 Å². The molecule has 0 spiro atoms. The van der Waals surface area contributed by atoms with Gasteiger partial charge in [-0.25, -0.2) is 4.98 Å². The fourth-order valence-electron chi connectivity index (χ4n) is 1.60. The van der Waals surface area contributed by atoms with Crippen molar-refractivity contribution in [2.75, 3.05) is 12.4 Å². The smallest absolute Gasteiger partial charge is 0.210 e. The molecule has 0 aliphatic rings. The highest BCUT2D eigenvalue weighted by Crippen LogP contribution is 2.26. The molecule has 1 heterocycles. The van der Waals surface area contributed by atoms with Crippen LogP contribution in [0.2, 0.25) is 5.02 Å². The third-order valence-corrected chi connectivity index (χ3v) is 4.51. The molecule has 4 nitrogen and oxygen atoms in total. The predicted molar refractivity (Wildman–Crippen MR) is 75.5 cm³/mol. The maximum Gasteiger partial charge on any atom is 0.210 e. The van der Waals surface area contributed by atoms with Crippen LogP contribution in [0.25, 0.3) is 11.3 Å². The van der Waals surface area contributed by atoms with Gasteiger partial charge in [-0.15, -0.1) is 0 Å². The Kier molecular flexibility index (Phi) is 4.74. The molecule has 0 radical (unpaired) electrons. The van der Waals surface area contributed by atoms with Gasteiger partial charge in [0, 0.05) is 27.1 Å². The Balaban J connectivity index is 2.19. The highest BCUT2D eigenvalue weighted by atomic mass is 35.5. The topological polar surface area (TPSA) is 63.3 Å². The minimum absolute atomic E-state index is 0.109. The Morgan fingerprint density at radius 2 is 2.11 bits per heavy atom. The highest BCUT2D eigenvalue weighted by Gasteiger charge is 2.19. The molecule has 0 bridgehead atoms. The van der Waals surface area contributed by atoms with Crippen LogP contribution in [0.15, 0.2) is 34.9 Å². The average molecular weight is 300 g/mol. The van der Waals surface area contributed by atoms with E-state index in [9.17, 15) is 4.21 Å². The van der Waals surface area contributed by atoms with Crippen LogP contribution in [0.5, 0.6) is 0 Å². The van der Waals surface area contributed by atoms with Gasteiger partial charge in [0.15, 0.2) is 5.76 Å². The molecule has 102 valence electrons. The summed E-state index contributed by atoms with van der Waals surface area (Å²) in [7, 11) is -1.19. The lowest BCUT2D eigenvalue weighted by Crippen LogP contribution is -2.09. The summed E-state index contributed by atoms with van der Waals surface area (Å²) in [5, 5.41) is 9.10. The molecule has 2 rings (SSSR count). The van der Waals surface area contributed by atoms with Crippen LogP contribution in [0.1, 0.15) is 18.1 Å². The number of oxazole rings is 1. The van der Waals surface area contributed by atoms with Gasteiger partial charge in [0.2, 0.25) is 5.89 Å². The molecule has 0 unspecified atom stereocenters. The number of benzene rings is 1. The molecule has 2 aromatic rings. The first-order valence-electron chi connectivity index (χ1n) is 5.81. The van der Waals surface area contributed by atoms with Crippen molar-refractivity contribution in [2.45, 2.75) is 12.2 Å². The van der Waals surface area contributed by atoms with E-state index >= 15 is 0 Å². The first kappa shape index (κ1) is 14.2. The fourth-order valence-corrected chi connectivity index (χ4v) is 2.60. The second-order valence-corrected chi connectivity index (χ2v) is 6.33. The van der Waals surface area contributed by atoms with Crippen molar-refractivity contribution in [1.29, 1.82) is 0 Å². The van der Waals surface area contributed by atoms with Crippen LogP contribution in [0, 0.1) is 0 Å². The highest BCUT2D eigenvalue weighted by molar-refractivity contribution is 7.85. The van der Waals surface area contributed by atoms with E-state index in [1.54, 1.807) is 25.3 Å². The third kappa shape index (κ3) is 3.43. The number of hydrogen-bond acceptors (Lipinski definition) is 4. The van der Waals surface area contributed by atoms with Crippen molar-refractivity contribution in [1.82, 2.24) is 4.98 Å². The van der Waals surface area contributed by atoms with E-state index in [0.717, 1.165) is 5.56 Å². The van der Waals surface area contributed by atoms with Gasteiger partial charge >= 0.3 is 0 Å². The van der Waals surface area contributed by atoms with E-state index in [2.05, 4.69) is 4.98 Å². The van der Waals surface area contributed by atoms with Crippen molar-refractivity contribution >= 4 is 22.4 Å². The van der Waals surface area contributed by atoms with E-state index < -0.39 is 10.8 Å². The number of rotatable bonds is 5. The largest absolute Gasteiger partial charge is 0.439 e. The molecule has 0 saturated carbocycles. The molecule has 0 saturated heterocycles. The molecule has 2 atom stereocenters. The van der Waals surface area contributed by atoms with E-state index in [0.29, 0.717) is 16.7 Å². The Bertz CT molecular complexity index is 568. The Morgan fingerprint density at radius 1 is 1.42 bits per heavy atom. The summed E-state index contributed by atoms with van der Waals surface area (Å²) in [5.74, 6) is 1.25. The van der Waals surface area contributed by atoms with E-state index in [-0.39, 0.29) is 17.6 Å². The van der Waals surface area contributed by atoms with Crippen molar-refractivity contribution in [2.24, 2.45) is 0 Å². The zero-order valence-electron chi connectivity index (χ0n) is 10.4. The first-order chi connectivity index (χ1) is 9.11. The van der Waals surface area contributed by atoms with Crippen molar-refractivity contribution in [3.63, 3.8) is 0 Å². The molecular formula is C13H14ClNO3S. The molecule has 1 aromatic carbocycles. The van der Waals surface area contributed by atoms with Gasteiger partial charge in [-0.05, 0) is 31.2 Å². The summed E-state index contributed by atoms with van der Waals surface area (Å²) in [4.78, 5) is 4.14. The number of aromatic nitrogens is 1. The van der Waals surface area contributed by atoms with Crippen LogP contribution in [-0.2, 0) is 10.8 Å². The minimum atomic E-state index is -1.19. The lowest BCUT2D eigenvalue weighted by Gasteiger charge is -2.05. The Labute approximate surface area is 118 Å². The zero-order valence-corrected chi connectivity index (χ0v) is 11.9. The average Bonchev–Trinajstić information content (AvgIpc) is 2.88. The summed E-state index contributed by atoms with van der Waals surface area (Å²) in [6.07, 6.45) is 1.60. The lowest BCUT2D eigenvalue weighted by atomic mass is 10.2. The van der Waals surface area contributed by atoms with E-state index in [1.807, 2.05) is 12.1 Å². The number of nitrogens with zero attached hydrogens (tertiary/aromatic N) is 1. The predicted octanol–water partition coefficient (Wildman–Crippen LogP) is 2.80. The summed E-state index contributed by atoms with van der Waals surface area (Å²) in [5.41, 5.74) is 0.864. The molecule has 0 aliphatic carbocycles. The number of aliphatic hydroxyl groups excluding tert-OH is 1. The molecule has 19 heavy (non-hydrogen) atoms. The Hall–Kier alpha value is -1.17. The molecule has 1 N–H and O–H groups in total. The number of aliphatic hydroxyl groups is 1. The monoisotopic (exact) mass is 299 g/mol. The first-order valence-corrected chi connectivity index (χ1v) is 7.57. The third-order valence-electron chi connectivity index (χ3n) is 2.69. The number of halogens is 1. The molecule has 1 aromatic heterocycles. The minimum Gasteiger partial charge on any atom is -0.439 e. The summed E-state index contributed by atoms with van der Waals surface area (Å²) in [6, 6.07) is 7.21. The molecule has 0 aliphatic heterocycles. The molecular weight excluding hydrogens is 286 g/mol. The maximum absolute atomic E-state index is 11.8. The molecule has 6 heteroatoms. The van der Waals surface area contributed by atoms with E-state index in [1.165, 1.54) is 0 Å². The number of hydrogen-bond donors (Lipinski definition) is 1. The van der Waals surface area contributed by atoms with Gasteiger partial charge in [0.05, 0.1) is 12.8 Å². The summed E-state index contributed by atoms with van der Waals surface area (Å²) in [6.45, 7) is 1.66. The van der Waals surface area contributed by atoms with Crippen LogP contribution in [-0.4, -0.2) is 26.7 Å². The summed E-state index contributed by atoms with van der Waals surface area (Å²) >= 11 is 5.82. The molecule has 0 amide bonds. The van der Waals surface area contributed by atoms with Crippen molar-refractivity contribution < 1.29 is 13.7 Å². The van der Waals surface area contributed by atoms with E-state index in [4.69, 9.17) is 21.1 Å². The van der Waals surface area contributed by atoms with Crippen molar-refractivity contribution in [3.05, 3.63) is 41.4 Å². The Morgan fingerprint density at radius 3 is 2.74 bits per heavy atom. The second kappa shape index (κ2) is 6.32. The van der Waals surface area contributed by atoms with Crippen LogP contribution in [0.4, 0.5) is 0 Å². The SMILES string of the molecule is C[C@H](c1ncc(-c2ccc(Cl)cc2)o1)[S@@](=O)CCO. The van der Waals surface area contributed by atoms with Gasteiger partial charge in [0.1, 0.15) is 5.25 Å². The van der Waals surface area contributed by atoms with Gasteiger partial charge < -0.3 is 9.52 Å². The molecule has 0 fully saturated rings. The standard InChI is InChI=1S/C13H14ClNO3S/c1-9(19(17)7-6-16)13-15-8-12(18-13)10-2-4-11(14)5-3-10/h2-5,8-9,16H,6-7H2,1H3/t9-,19+/m1/s1. The fraction of sp³-hybridized carbons (Fsp3) is 0.308. The van der Waals surface area contributed by atoms with Crippen LogP contribution >= 0.6 is 11.6 Å². The van der Waals surface area contributed by atoms with Crippen LogP contribution < -0.4 is 0 Å². The van der Waals surface area contributed by atoms with Gasteiger partial charge in [-0.1, -0.05) is 11.6 Å².